The zero-order valence-electron chi connectivity index (χ0n) is 13.7. The van der Waals surface area contributed by atoms with Crippen LogP contribution in [0.1, 0.15) is 58.8 Å². The summed E-state index contributed by atoms with van der Waals surface area (Å²) in [5.74, 6) is -0.810. The minimum Gasteiger partial charge on any atom is -0.387 e. The molecule has 0 aromatic carbocycles. The Morgan fingerprint density at radius 3 is 2.59 bits per heavy atom. The van der Waals surface area contributed by atoms with Gasteiger partial charge in [0.2, 0.25) is 0 Å². The molecule has 0 amide bonds. The van der Waals surface area contributed by atoms with E-state index in [0.717, 1.165) is 5.57 Å². The first-order chi connectivity index (χ1) is 10.3. The van der Waals surface area contributed by atoms with Gasteiger partial charge in [0.15, 0.2) is 5.79 Å². The maximum absolute atomic E-state index is 10.2. The van der Waals surface area contributed by atoms with Crippen LogP contribution in [0.5, 0.6) is 0 Å². The van der Waals surface area contributed by atoms with E-state index in [1.807, 2.05) is 0 Å². The fraction of sp³-hybridized carbons (Fsp3) is 0.789. The molecule has 3 nitrogen and oxygen atoms in total. The number of hydrogen-bond donors (Lipinski definition) is 3. The Morgan fingerprint density at radius 1 is 1.05 bits per heavy atom. The van der Waals surface area contributed by atoms with Gasteiger partial charge in [-0.1, -0.05) is 43.6 Å². The fourth-order valence-corrected chi connectivity index (χ4v) is 6.01. The molecule has 0 spiro atoms. The molecule has 122 valence electrons. The number of rotatable bonds is 0. The third-order valence-corrected chi connectivity index (χ3v) is 7.47. The molecule has 3 heteroatoms. The summed E-state index contributed by atoms with van der Waals surface area (Å²) >= 11 is 0. The van der Waals surface area contributed by atoms with Crippen molar-refractivity contribution in [1.82, 2.24) is 0 Å². The summed E-state index contributed by atoms with van der Waals surface area (Å²) in [5, 5.41) is 30.3. The molecule has 0 aromatic heterocycles. The number of aliphatic hydroxyl groups excluding tert-OH is 1. The highest BCUT2D eigenvalue weighted by Crippen LogP contribution is 2.63. The number of aliphatic hydroxyl groups is 3. The molecule has 0 radical (unpaired) electrons. The highest BCUT2D eigenvalue weighted by molar-refractivity contribution is 5.39. The third kappa shape index (κ3) is 1.85. The third-order valence-electron chi connectivity index (χ3n) is 7.47. The first kappa shape index (κ1) is 14.9. The quantitative estimate of drug-likeness (QED) is 0.603. The highest BCUT2D eigenvalue weighted by Gasteiger charge is 2.56. The summed E-state index contributed by atoms with van der Waals surface area (Å²) < 4.78 is 0. The fourth-order valence-electron chi connectivity index (χ4n) is 6.01. The van der Waals surface area contributed by atoms with Crippen LogP contribution in [0.3, 0.4) is 0 Å². The molecule has 0 saturated heterocycles. The maximum Gasteiger partial charge on any atom is 0.193 e. The van der Waals surface area contributed by atoms with E-state index in [4.69, 9.17) is 0 Å². The molecule has 4 rings (SSSR count). The van der Waals surface area contributed by atoms with Crippen LogP contribution in [0.4, 0.5) is 0 Å². The standard InChI is InChI=1S/C19H28O3/c1-17-8-3-4-14(17)13-6-5-12-10-19(21,22)16(20)11-18(12,2)15(13)7-9-17/h5-6,14-16,20-22H,3-4,7-11H2,1-2H3/t14-,15-,16?,17-,18-/m0/s1. The largest absolute Gasteiger partial charge is 0.387 e. The Balaban J connectivity index is 1.75. The van der Waals surface area contributed by atoms with Gasteiger partial charge in [-0.3, -0.25) is 0 Å². The summed E-state index contributed by atoms with van der Waals surface area (Å²) in [5.41, 5.74) is 3.04. The van der Waals surface area contributed by atoms with Gasteiger partial charge in [0.25, 0.3) is 0 Å². The molecule has 3 saturated carbocycles. The summed E-state index contributed by atoms with van der Waals surface area (Å²) in [7, 11) is 0. The maximum atomic E-state index is 10.2. The van der Waals surface area contributed by atoms with Gasteiger partial charge < -0.3 is 15.3 Å². The average molecular weight is 304 g/mol. The second kappa shape index (κ2) is 4.46. The van der Waals surface area contributed by atoms with E-state index in [9.17, 15) is 15.3 Å². The second-order valence-corrected chi connectivity index (χ2v) is 8.74. The zero-order chi connectivity index (χ0) is 15.8. The lowest BCUT2D eigenvalue weighted by atomic mass is 9.51. The van der Waals surface area contributed by atoms with Crippen LogP contribution in [-0.2, 0) is 0 Å². The van der Waals surface area contributed by atoms with Gasteiger partial charge in [0.1, 0.15) is 6.10 Å². The Hall–Kier alpha value is -0.640. The van der Waals surface area contributed by atoms with Crippen molar-refractivity contribution < 1.29 is 15.3 Å². The molecule has 0 bridgehead atoms. The minimum atomic E-state index is -1.97. The predicted molar refractivity (Wildman–Crippen MR) is 84.9 cm³/mol. The monoisotopic (exact) mass is 304 g/mol. The van der Waals surface area contributed by atoms with Crippen LogP contribution >= 0.6 is 0 Å². The van der Waals surface area contributed by atoms with Crippen molar-refractivity contribution in [3.05, 3.63) is 23.3 Å². The van der Waals surface area contributed by atoms with E-state index in [0.29, 0.717) is 23.7 Å². The Labute approximate surface area is 132 Å². The van der Waals surface area contributed by atoms with Crippen molar-refractivity contribution in [1.29, 1.82) is 0 Å². The lowest BCUT2D eigenvalue weighted by Gasteiger charge is -2.55. The van der Waals surface area contributed by atoms with Crippen LogP contribution in [0, 0.1) is 22.7 Å². The number of hydrogen-bond acceptors (Lipinski definition) is 3. The van der Waals surface area contributed by atoms with Gasteiger partial charge in [0.05, 0.1) is 0 Å². The summed E-state index contributed by atoms with van der Waals surface area (Å²) in [4.78, 5) is 0. The van der Waals surface area contributed by atoms with Crippen LogP contribution in [0.15, 0.2) is 23.3 Å². The summed E-state index contributed by atoms with van der Waals surface area (Å²) in [6.45, 7) is 4.68. The number of allylic oxidation sites excluding steroid dienone is 3. The number of fused-ring (bicyclic) bond motifs is 5. The molecular formula is C19H28O3. The van der Waals surface area contributed by atoms with E-state index < -0.39 is 11.9 Å². The predicted octanol–water partition coefficient (Wildman–Crippen LogP) is 2.91. The molecule has 1 unspecified atom stereocenters. The van der Waals surface area contributed by atoms with Crippen LogP contribution in [0.2, 0.25) is 0 Å². The van der Waals surface area contributed by atoms with Gasteiger partial charge in [-0.05, 0) is 54.8 Å². The van der Waals surface area contributed by atoms with Crippen LogP contribution < -0.4 is 0 Å². The highest BCUT2D eigenvalue weighted by atomic mass is 16.5. The molecule has 3 N–H and O–H groups in total. The van der Waals surface area contributed by atoms with Gasteiger partial charge in [-0.25, -0.2) is 0 Å². The van der Waals surface area contributed by atoms with E-state index in [-0.39, 0.29) is 11.8 Å². The zero-order valence-corrected chi connectivity index (χ0v) is 13.7. The van der Waals surface area contributed by atoms with Gasteiger partial charge in [0, 0.05) is 6.42 Å². The summed E-state index contributed by atoms with van der Waals surface area (Å²) in [6.07, 6.45) is 10.4. The molecule has 5 atom stereocenters. The van der Waals surface area contributed by atoms with Crippen molar-refractivity contribution in [3.8, 4) is 0 Å². The average Bonchev–Trinajstić information content (AvgIpc) is 2.82. The van der Waals surface area contributed by atoms with E-state index in [2.05, 4.69) is 26.0 Å². The van der Waals surface area contributed by atoms with Gasteiger partial charge in [-0.2, -0.15) is 0 Å². The molecular weight excluding hydrogens is 276 g/mol. The van der Waals surface area contributed by atoms with Crippen molar-refractivity contribution in [2.24, 2.45) is 22.7 Å². The molecule has 3 fully saturated rings. The topological polar surface area (TPSA) is 60.7 Å². The second-order valence-electron chi connectivity index (χ2n) is 8.74. The molecule has 0 heterocycles. The molecule has 0 aromatic rings. The molecule has 0 aliphatic heterocycles. The van der Waals surface area contributed by atoms with Crippen molar-refractivity contribution in [2.75, 3.05) is 0 Å². The lowest BCUT2D eigenvalue weighted by molar-refractivity contribution is -0.244. The van der Waals surface area contributed by atoms with E-state index in [1.165, 1.54) is 32.1 Å². The van der Waals surface area contributed by atoms with Crippen LogP contribution in [-0.4, -0.2) is 27.2 Å². The van der Waals surface area contributed by atoms with E-state index in [1.54, 1.807) is 5.57 Å². The van der Waals surface area contributed by atoms with Crippen molar-refractivity contribution in [2.45, 2.75) is 70.7 Å². The minimum absolute atomic E-state index is 0.109. The molecule has 4 aliphatic rings. The Morgan fingerprint density at radius 2 is 1.82 bits per heavy atom. The SMILES string of the molecule is C[C@@]12CCC[C@H]1C1=CC=C3CC(O)(O)C(O)C[C@]3(C)[C@H]1CC2. The van der Waals surface area contributed by atoms with Gasteiger partial charge in [-0.15, -0.1) is 0 Å². The molecule has 22 heavy (non-hydrogen) atoms. The first-order valence-electron chi connectivity index (χ1n) is 8.80. The smallest absolute Gasteiger partial charge is 0.193 e. The van der Waals surface area contributed by atoms with Gasteiger partial charge >= 0.3 is 0 Å². The first-order valence-corrected chi connectivity index (χ1v) is 8.80. The van der Waals surface area contributed by atoms with E-state index >= 15 is 0 Å². The van der Waals surface area contributed by atoms with Crippen molar-refractivity contribution >= 4 is 0 Å². The summed E-state index contributed by atoms with van der Waals surface area (Å²) in [6, 6.07) is 0. The normalized spacial score (nSPS) is 49.6. The lowest BCUT2D eigenvalue weighted by Crippen LogP contribution is -2.54. The Bertz CT molecular complexity index is 561. The van der Waals surface area contributed by atoms with Crippen molar-refractivity contribution in [3.63, 3.8) is 0 Å². The Kier molecular flexibility index (Phi) is 3.03. The van der Waals surface area contributed by atoms with Crippen LogP contribution in [0.25, 0.3) is 0 Å². The molecule has 4 aliphatic carbocycles.